The first-order valence-corrected chi connectivity index (χ1v) is 10.8. The van der Waals surface area contributed by atoms with Crippen LogP contribution in [0.25, 0.3) is 0 Å². The van der Waals surface area contributed by atoms with Crippen LogP contribution in [0.3, 0.4) is 0 Å². The number of Topliss-reactive ketones (excluding diaryl/α,β-unsaturated/α-hetero) is 1. The van der Waals surface area contributed by atoms with E-state index in [9.17, 15) is 4.79 Å². The lowest BCUT2D eigenvalue weighted by molar-refractivity contribution is 0.0459. The maximum absolute atomic E-state index is 13.9. The van der Waals surface area contributed by atoms with E-state index in [4.69, 9.17) is 4.74 Å². The summed E-state index contributed by atoms with van der Waals surface area (Å²) < 4.78 is 5.45. The molecule has 30 heavy (non-hydrogen) atoms. The molecule has 0 aromatic heterocycles. The fraction of sp³-hybridized carbons (Fsp3) is 0.480. The molecule has 1 aliphatic rings. The number of carbonyl (C=O) groups is 1. The van der Waals surface area contributed by atoms with Crippen LogP contribution in [0.1, 0.15) is 29.3 Å². The highest BCUT2D eigenvalue weighted by Crippen LogP contribution is 2.30. The maximum atomic E-state index is 13.9. The smallest absolute Gasteiger partial charge is 0.183 e. The van der Waals surface area contributed by atoms with Crippen molar-refractivity contribution in [2.75, 3.05) is 59.0 Å². The number of carbonyl (C=O) groups excluding carboxylic acids is 1. The summed E-state index contributed by atoms with van der Waals surface area (Å²) in [5.41, 5.74) is 2.52. The molecule has 0 spiro atoms. The Morgan fingerprint density at radius 2 is 1.63 bits per heavy atom. The van der Waals surface area contributed by atoms with E-state index in [0.717, 1.165) is 50.6 Å². The van der Waals surface area contributed by atoms with Gasteiger partial charge < -0.3 is 9.64 Å². The predicted molar refractivity (Wildman–Crippen MR) is 123 cm³/mol. The molecule has 0 aliphatic carbocycles. The van der Waals surface area contributed by atoms with Gasteiger partial charge >= 0.3 is 0 Å². The number of hydrogen-bond acceptors (Lipinski definition) is 5. The second-order valence-electron chi connectivity index (χ2n) is 8.44. The van der Waals surface area contributed by atoms with Gasteiger partial charge in [-0.2, -0.15) is 0 Å². The van der Waals surface area contributed by atoms with E-state index >= 15 is 0 Å². The number of ether oxygens (including phenoxy) is 1. The molecule has 5 nitrogen and oxygen atoms in total. The van der Waals surface area contributed by atoms with Crippen molar-refractivity contribution in [3.8, 4) is 0 Å². The molecule has 0 saturated carbocycles. The lowest BCUT2D eigenvalue weighted by Gasteiger charge is -2.41. The van der Waals surface area contributed by atoms with E-state index in [-0.39, 0.29) is 5.78 Å². The molecular formula is C25H35N3O2. The molecule has 1 atom stereocenters. The van der Waals surface area contributed by atoms with Crippen LogP contribution >= 0.6 is 0 Å². The van der Waals surface area contributed by atoms with E-state index in [2.05, 4.69) is 52.9 Å². The zero-order valence-electron chi connectivity index (χ0n) is 18.8. The van der Waals surface area contributed by atoms with Crippen LogP contribution in [0.4, 0.5) is 5.69 Å². The highest BCUT2D eigenvalue weighted by Gasteiger charge is 2.41. The van der Waals surface area contributed by atoms with Crippen molar-refractivity contribution in [1.29, 1.82) is 0 Å². The van der Waals surface area contributed by atoms with Crippen LogP contribution in [0.5, 0.6) is 0 Å². The van der Waals surface area contributed by atoms with Gasteiger partial charge in [0, 0.05) is 24.3 Å². The van der Waals surface area contributed by atoms with Gasteiger partial charge in [0.2, 0.25) is 0 Å². The third-order valence-electron chi connectivity index (χ3n) is 6.08. The second-order valence-corrected chi connectivity index (χ2v) is 8.44. The van der Waals surface area contributed by atoms with E-state index in [1.807, 2.05) is 44.4 Å². The summed E-state index contributed by atoms with van der Waals surface area (Å²) in [7, 11) is 6.15. The molecule has 2 aromatic rings. The Morgan fingerprint density at radius 1 is 1.00 bits per heavy atom. The first kappa shape index (κ1) is 22.5. The monoisotopic (exact) mass is 409 g/mol. The first-order valence-electron chi connectivity index (χ1n) is 10.8. The molecule has 0 N–H and O–H groups in total. The number of benzene rings is 2. The molecule has 0 bridgehead atoms. The lowest BCUT2D eigenvalue weighted by Crippen LogP contribution is -2.56. The summed E-state index contributed by atoms with van der Waals surface area (Å²) in [6, 6.07) is 18.5. The SMILES string of the molecule is CCC(Cc1ccccc1)(C(=O)c1ccc(N2CCOCC2)cc1)N(C)CN(C)C. The Labute approximate surface area is 181 Å². The van der Waals surface area contributed by atoms with Crippen molar-refractivity contribution in [1.82, 2.24) is 9.80 Å². The molecule has 5 heteroatoms. The van der Waals surface area contributed by atoms with Gasteiger partial charge in [-0.1, -0.05) is 37.3 Å². The molecule has 0 amide bonds. The number of morpholine rings is 1. The highest BCUT2D eigenvalue weighted by molar-refractivity contribution is 6.03. The molecule has 162 valence electrons. The molecule has 1 fully saturated rings. The Morgan fingerprint density at radius 3 is 2.20 bits per heavy atom. The van der Waals surface area contributed by atoms with E-state index < -0.39 is 5.54 Å². The maximum Gasteiger partial charge on any atom is 0.183 e. The van der Waals surface area contributed by atoms with Crippen LogP contribution in [0.2, 0.25) is 0 Å². The van der Waals surface area contributed by atoms with Gasteiger partial charge in [0.1, 0.15) is 0 Å². The Balaban J connectivity index is 1.90. The van der Waals surface area contributed by atoms with Crippen molar-refractivity contribution >= 4 is 11.5 Å². The number of ketones is 1. The minimum absolute atomic E-state index is 0.187. The van der Waals surface area contributed by atoms with E-state index in [1.165, 1.54) is 5.56 Å². The lowest BCUT2D eigenvalue weighted by atomic mass is 9.80. The summed E-state index contributed by atoms with van der Waals surface area (Å²) in [5.74, 6) is 0.187. The average Bonchev–Trinajstić information content (AvgIpc) is 2.78. The molecule has 3 rings (SSSR count). The molecule has 0 radical (unpaired) electrons. The normalized spacial score (nSPS) is 16.7. The van der Waals surface area contributed by atoms with Crippen molar-refractivity contribution < 1.29 is 9.53 Å². The van der Waals surface area contributed by atoms with Crippen LogP contribution < -0.4 is 4.90 Å². The van der Waals surface area contributed by atoms with Crippen LogP contribution in [0, 0.1) is 0 Å². The first-order chi connectivity index (χ1) is 14.5. The largest absolute Gasteiger partial charge is 0.378 e. The summed E-state index contributed by atoms with van der Waals surface area (Å²) in [5, 5.41) is 0. The van der Waals surface area contributed by atoms with Gasteiger partial charge in [-0.25, -0.2) is 0 Å². The fourth-order valence-corrected chi connectivity index (χ4v) is 4.35. The quantitative estimate of drug-likeness (QED) is 0.468. The number of likely N-dealkylation sites (N-methyl/N-ethyl adjacent to an activating group) is 1. The molecule has 1 aliphatic heterocycles. The third-order valence-corrected chi connectivity index (χ3v) is 6.08. The van der Waals surface area contributed by atoms with Gasteiger partial charge in [-0.3, -0.25) is 14.6 Å². The van der Waals surface area contributed by atoms with Crippen molar-refractivity contribution in [2.45, 2.75) is 25.3 Å². The number of rotatable bonds is 9. The third kappa shape index (κ3) is 5.09. The topological polar surface area (TPSA) is 36.0 Å². The summed E-state index contributed by atoms with van der Waals surface area (Å²) in [6.45, 7) is 6.14. The average molecular weight is 410 g/mol. The minimum atomic E-state index is -0.591. The molecular weight excluding hydrogens is 374 g/mol. The minimum Gasteiger partial charge on any atom is -0.378 e. The fourth-order valence-electron chi connectivity index (χ4n) is 4.35. The Bertz CT molecular complexity index is 801. The van der Waals surface area contributed by atoms with Gasteiger partial charge in [0.25, 0.3) is 0 Å². The summed E-state index contributed by atoms with van der Waals surface area (Å²) in [6.07, 6.45) is 1.44. The van der Waals surface area contributed by atoms with E-state index in [1.54, 1.807) is 0 Å². The zero-order valence-corrected chi connectivity index (χ0v) is 18.8. The molecule has 1 unspecified atom stereocenters. The second kappa shape index (κ2) is 10.2. The van der Waals surface area contributed by atoms with Gasteiger partial charge in [0.15, 0.2) is 5.78 Å². The molecule has 2 aromatic carbocycles. The highest BCUT2D eigenvalue weighted by atomic mass is 16.5. The Kier molecular flexibility index (Phi) is 7.64. The van der Waals surface area contributed by atoms with Crippen LogP contribution in [-0.4, -0.2) is 75.2 Å². The van der Waals surface area contributed by atoms with Gasteiger partial charge in [0.05, 0.1) is 25.4 Å². The summed E-state index contributed by atoms with van der Waals surface area (Å²) in [4.78, 5) is 20.6. The molecule has 1 saturated heterocycles. The van der Waals surface area contributed by atoms with Crippen LogP contribution in [-0.2, 0) is 11.2 Å². The van der Waals surface area contributed by atoms with Gasteiger partial charge in [-0.05, 0) is 63.8 Å². The molecule has 1 heterocycles. The Hall–Kier alpha value is -2.21. The van der Waals surface area contributed by atoms with Gasteiger partial charge in [-0.15, -0.1) is 0 Å². The number of nitrogens with zero attached hydrogens (tertiary/aromatic N) is 3. The zero-order chi connectivity index (χ0) is 21.6. The van der Waals surface area contributed by atoms with Crippen molar-refractivity contribution in [3.63, 3.8) is 0 Å². The standard InChI is InChI=1S/C25H35N3O2/c1-5-25(27(4)20-26(2)3,19-21-9-7-6-8-10-21)24(29)22-11-13-23(14-12-22)28-15-17-30-18-16-28/h6-14H,5,15-20H2,1-4H3. The number of hydrogen-bond donors (Lipinski definition) is 0. The van der Waals surface area contributed by atoms with E-state index in [0.29, 0.717) is 6.42 Å². The predicted octanol–water partition coefficient (Wildman–Crippen LogP) is 3.55. The van der Waals surface area contributed by atoms with Crippen molar-refractivity contribution in [3.05, 3.63) is 65.7 Å². The van der Waals surface area contributed by atoms with Crippen molar-refractivity contribution in [2.24, 2.45) is 0 Å². The summed E-state index contributed by atoms with van der Waals surface area (Å²) >= 11 is 0. The number of anilines is 1. The van der Waals surface area contributed by atoms with Crippen LogP contribution in [0.15, 0.2) is 54.6 Å².